The maximum absolute atomic E-state index is 12.9. The van der Waals surface area contributed by atoms with Gasteiger partial charge in [-0.25, -0.2) is 0 Å². The summed E-state index contributed by atoms with van der Waals surface area (Å²) in [6.07, 6.45) is 0.954. The van der Waals surface area contributed by atoms with Crippen molar-refractivity contribution in [3.05, 3.63) is 0 Å². The van der Waals surface area contributed by atoms with Gasteiger partial charge in [0, 0.05) is 26.4 Å². The van der Waals surface area contributed by atoms with Gasteiger partial charge in [-0.05, 0) is 24.2 Å². The highest BCUT2D eigenvalue weighted by Gasteiger charge is 2.35. The third-order valence-corrected chi connectivity index (χ3v) is 5.58. The summed E-state index contributed by atoms with van der Waals surface area (Å²) in [5.74, 6) is -1.60. The number of thiol groups is 1. The van der Waals surface area contributed by atoms with E-state index < -0.39 is 34.6 Å². The van der Waals surface area contributed by atoms with Crippen LogP contribution in [0.15, 0.2) is 0 Å². The monoisotopic (exact) mass is 456 g/mol. The molecule has 3 N–H and O–H groups in total. The van der Waals surface area contributed by atoms with Crippen molar-refractivity contribution in [3.63, 3.8) is 0 Å². The fourth-order valence-corrected chi connectivity index (χ4v) is 3.48. The molecule has 31 heavy (non-hydrogen) atoms. The standard InChI is InChI=1S/C21H36N4O5S/c1-12(2)11-13(18(28)24-17(20(30)22-6)21(3,4)5)23-19(29)14(31)9-10-25-15(26)7-8-16(25)27/h12-14,17,31H,7-11H2,1-6H3,(H,22,30)(H,23,29)(H,24,28)/t13-,14?,17+/m0/s1. The second kappa shape index (κ2) is 11.5. The van der Waals surface area contributed by atoms with Crippen molar-refractivity contribution < 1.29 is 24.0 Å². The van der Waals surface area contributed by atoms with E-state index in [0.29, 0.717) is 6.42 Å². The quantitative estimate of drug-likeness (QED) is 0.284. The van der Waals surface area contributed by atoms with Crippen molar-refractivity contribution in [1.29, 1.82) is 0 Å². The Morgan fingerprint density at radius 1 is 1.00 bits per heavy atom. The van der Waals surface area contributed by atoms with Crippen molar-refractivity contribution in [3.8, 4) is 0 Å². The van der Waals surface area contributed by atoms with E-state index in [0.717, 1.165) is 4.90 Å². The molecule has 1 heterocycles. The molecule has 1 rings (SSSR count). The van der Waals surface area contributed by atoms with Crippen LogP contribution < -0.4 is 16.0 Å². The number of carbonyl (C=O) groups is 5. The second-order valence-electron chi connectivity index (χ2n) is 9.36. The van der Waals surface area contributed by atoms with Gasteiger partial charge in [0.1, 0.15) is 12.1 Å². The number of amides is 5. The van der Waals surface area contributed by atoms with Crippen molar-refractivity contribution >= 4 is 42.2 Å². The van der Waals surface area contributed by atoms with E-state index in [2.05, 4.69) is 28.6 Å². The Labute approximate surface area is 189 Å². The fraction of sp³-hybridized carbons (Fsp3) is 0.762. The van der Waals surface area contributed by atoms with Crippen LogP contribution >= 0.6 is 12.6 Å². The van der Waals surface area contributed by atoms with E-state index in [1.165, 1.54) is 7.05 Å². The van der Waals surface area contributed by atoms with Gasteiger partial charge in [-0.1, -0.05) is 34.6 Å². The highest BCUT2D eigenvalue weighted by Crippen LogP contribution is 2.20. The summed E-state index contributed by atoms with van der Waals surface area (Å²) in [5.41, 5.74) is -0.525. The van der Waals surface area contributed by atoms with Gasteiger partial charge in [0.05, 0.1) is 5.25 Å². The maximum atomic E-state index is 12.9. The molecule has 0 bridgehead atoms. The summed E-state index contributed by atoms with van der Waals surface area (Å²) in [6.45, 7) is 9.49. The number of likely N-dealkylation sites (N-methyl/N-ethyl adjacent to an activating group) is 1. The normalized spacial score (nSPS) is 17.4. The van der Waals surface area contributed by atoms with Crippen LogP contribution in [0.1, 0.15) is 60.3 Å². The van der Waals surface area contributed by atoms with Gasteiger partial charge in [-0.3, -0.25) is 28.9 Å². The largest absolute Gasteiger partial charge is 0.357 e. The summed E-state index contributed by atoms with van der Waals surface area (Å²) < 4.78 is 0. The molecule has 176 valence electrons. The molecule has 0 spiro atoms. The van der Waals surface area contributed by atoms with Crippen LogP contribution in [0.3, 0.4) is 0 Å². The zero-order valence-corrected chi connectivity index (χ0v) is 20.2. The highest BCUT2D eigenvalue weighted by molar-refractivity contribution is 7.81. The molecule has 0 aromatic rings. The molecule has 1 unspecified atom stereocenters. The number of imide groups is 1. The van der Waals surface area contributed by atoms with Crippen LogP contribution in [0.4, 0.5) is 0 Å². The van der Waals surface area contributed by atoms with Gasteiger partial charge in [-0.2, -0.15) is 12.6 Å². The molecule has 0 aromatic heterocycles. The van der Waals surface area contributed by atoms with Crippen LogP contribution in [0.2, 0.25) is 0 Å². The highest BCUT2D eigenvalue weighted by atomic mass is 32.1. The first-order chi connectivity index (χ1) is 14.3. The molecule has 9 nitrogen and oxygen atoms in total. The Morgan fingerprint density at radius 3 is 2.00 bits per heavy atom. The van der Waals surface area contributed by atoms with Gasteiger partial charge >= 0.3 is 0 Å². The van der Waals surface area contributed by atoms with E-state index in [4.69, 9.17) is 0 Å². The van der Waals surface area contributed by atoms with E-state index in [9.17, 15) is 24.0 Å². The average molecular weight is 457 g/mol. The molecule has 10 heteroatoms. The number of nitrogens with one attached hydrogen (secondary N) is 3. The molecule has 0 radical (unpaired) electrons. The summed E-state index contributed by atoms with van der Waals surface area (Å²) in [7, 11) is 1.50. The van der Waals surface area contributed by atoms with E-state index in [1.807, 2.05) is 34.6 Å². The van der Waals surface area contributed by atoms with Crippen molar-refractivity contribution in [2.75, 3.05) is 13.6 Å². The molecule has 0 aliphatic carbocycles. The van der Waals surface area contributed by atoms with Crippen LogP contribution in [0.5, 0.6) is 0 Å². The molecule has 1 aliphatic rings. The molecule has 3 atom stereocenters. The lowest BCUT2D eigenvalue weighted by Crippen LogP contribution is -2.58. The number of hydrogen-bond donors (Lipinski definition) is 4. The average Bonchev–Trinajstić information content (AvgIpc) is 2.99. The first-order valence-electron chi connectivity index (χ1n) is 10.6. The zero-order chi connectivity index (χ0) is 23.9. The Bertz CT molecular complexity index is 688. The number of likely N-dealkylation sites (tertiary alicyclic amines) is 1. The Kier molecular flexibility index (Phi) is 9.99. The second-order valence-corrected chi connectivity index (χ2v) is 9.98. The zero-order valence-electron chi connectivity index (χ0n) is 19.3. The van der Waals surface area contributed by atoms with Crippen molar-refractivity contribution in [2.45, 2.75) is 77.6 Å². The topological polar surface area (TPSA) is 125 Å². The van der Waals surface area contributed by atoms with E-state index in [-0.39, 0.29) is 49.4 Å². The SMILES string of the molecule is CNC(=O)[C@@H](NC(=O)[C@H](CC(C)C)NC(=O)C(S)CCN1C(=O)CCC1=O)C(C)(C)C. The molecule has 0 aromatic carbocycles. The van der Waals surface area contributed by atoms with Crippen LogP contribution in [-0.2, 0) is 24.0 Å². The smallest absolute Gasteiger partial charge is 0.243 e. The minimum atomic E-state index is -0.841. The molecule has 1 fully saturated rings. The lowest BCUT2D eigenvalue weighted by Gasteiger charge is -2.32. The van der Waals surface area contributed by atoms with Crippen molar-refractivity contribution in [2.24, 2.45) is 11.3 Å². The Morgan fingerprint density at radius 2 is 1.55 bits per heavy atom. The first kappa shape index (κ1) is 26.9. The molecule has 1 saturated heterocycles. The van der Waals surface area contributed by atoms with E-state index >= 15 is 0 Å². The maximum Gasteiger partial charge on any atom is 0.243 e. The number of rotatable bonds is 10. The Hall–Kier alpha value is -2.10. The fourth-order valence-electron chi connectivity index (χ4n) is 3.29. The minimum absolute atomic E-state index is 0.113. The lowest BCUT2D eigenvalue weighted by atomic mass is 9.85. The Balaban J connectivity index is 2.80. The van der Waals surface area contributed by atoms with Crippen LogP contribution in [0.25, 0.3) is 0 Å². The minimum Gasteiger partial charge on any atom is -0.357 e. The number of hydrogen-bond acceptors (Lipinski definition) is 6. The molecule has 1 aliphatic heterocycles. The van der Waals surface area contributed by atoms with Crippen LogP contribution in [0, 0.1) is 11.3 Å². The van der Waals surface area contributed by atoms with Crippen LogP contribution in [-0.4, -0.2) is 65.4 Å². The van der Waals surface area contributed by atoms with Gasteiger partial charge < -0.3 is 16.0 Å². The predicted octanol–water partition coefficient (Wildman–Crippen LogP) is 0.632. The predicted molar refractivity (Wildman–Crippen MR) is 120 cm³/mol. The number of carbonyl (C=O) groups excluding carboxylic acids is 5. The van der Waals surface area contributed by atoms with Gasteiger partial charge in [0.25, 0.3) is 0 Å². The summed E-state index contributed by atoms with van der Waals surface area (Å²) in [5, 5.41) is 7.23. The molecule has 5 amide bonds. The molecular formula is C21H36N4O5S. The molecule has 0 saturated carbocycles. The van der Waals surface area contributed by atoms with Gasteiger partial charge in [0.15, 0.2) is 0 Å². The number of nitrogens with zero attached hydrogens (tertiary/aromatic N) is 1. The third-order valence-electron chi connectivity index (χ3n) is 5.08. The van der Waals surface area contributed by atoms with Gasteiger partial charge in [-0.15, -0.1) is 0 Å². The summed E-state index contributed by atoms with van der Waals surface area (Å²) in [6, 6.07) is -1.61. The third kappa shape index (κ3) is 8.16. The molecular weight excluding hydrogens is 420 g/mol. The summed E-state index contributed by atoms with van der Waals surface area (Å²) >= 11 is 4.30. The van der Waals surface area contributed by atoms with Gasteiger partial charge in [0.2, 0.25) is 29.5 Å². The lowest BCUT2D eigenvalue weighted by molar-refractivity contribution is -0.139. The van der Waals surface area contributed by atoms with Crippen molar-refractivity contribution in [1.82, 2.24) is 20.9 Å². The van der Waals surface area contributed by atoms with E-state index in [1.54, 1.807) is 0 Å². The first-order valence-corrected chi connectivity index (χ1v) is 11.1. The summed E-state index contributed by atoms with van der Waals surface area (Å²) in [4.78, 5) is 62.4.